The van der Waals surface area contributed by atoms with Crippen LogP contribution in [0.5, 0.6) is 5.75 Å². The van der Waals surface area contributed by atoms with Crippen molar-refractivity contribution in [3.8, 4) is 11.4 Å². The van der Waals surface area contributed by atoms with Crippen LogP contribution in [-0.2, 0) is 0 Å². The van der Waals surface area contributed by atoms with Gasteiger partial charge in [0.2, 0.25) is 0 Å². The summed E-state index contributed by atoms with van der Waals surface area (Å²) in [5.74, 6) is 6.42. The summed E-state index contributed by atoms with van der Waals surface area (Å²) in [7, 11) is 1.55. The fourth-order valence-corrected chi connectivity index (χ4v) is 4.06. The van der Waals surface area contributed by atoms with E-state index in [1.54, 1.807) is 48.8 Å². The number of methoxy groups -OCH3 is 1. The van der Waals surface area contributed by atoms with Crippen LogP contribution >= 0.6 is 0 Å². The number of nitrogens with two attached hydrogens (primary N) is 2. The monoisotopic (exact) mass is 450 g/mol. The number of allylic oxidation sites excluding steroid dienone is 1. The Morgan fingerprint density at radius 1 is 1.24 bits per heavy atom. The van der Waals surface area contributed by atoms with Gasteiger partial charge in [0, 0.05) is 11.8 Å². The van der Waals surface area contributed by atoms with Crippen LogP contribution in [0.4, 0.5) is 4.39 Å². The molecule has 0 spiro atoms. The minimum absolute atomic E-state index is 0.150. The minimum Gasteiger partial charge on any atom is -0.495 e. The van der Waals surface area contributed by atoms with Crippen molar-refractivity contribution >= 4 is 5.91 Å². The van der Waals surface area contributed by atoms with Crippen molar-refractivity contribution in [1.82, 2.24) is 19.9 Å². The van der Waals surface area contributed by atoms with Crippen LogP contribution in [0.1, 0.15) is 46.9 Å². The molecule has 33 heavy (non-hydrogen) atoms. The summed E-state index contributed by atoms with van der Waals surface area (Å²) in [5.41, 5.74) is 9.82. The molecule has 1 amide bonds. The number of ether oxygens (including phenoxy) is 1. The zero-order valence-electron chi connectivity index (χ0n) is 18.6. The first kappa shape index (κ1) is 22.3. The Balaban J connectivity index is 1.54. The molecule has 4 rings (SSSR count). The largest absolute Gasteiger partial charge is 0.495 e. The van der Waals surface area contributed by atoms with Gasteiger partial charge in [-0.15, -0.1) is 0 Å². The Kier molecular flexibility index (Phi) is 6.32. The second kappa shape index (κ2) is 9.33. The summed E-state index contributed by atoms with van der Waals surface area (Å²) in [5, 5.41) is 4.32. The van der Waals surface area contributed by atoms with E-state index in [0.29, 0.717) is 23.4 Å². The molecule has 172 valence electrons. The van der Waals surface area contributed by atoms with Crippen molar-refractivity contribution in [2.75, 3.05) is 7.11 Å². The maximum absolute atomic E-state index is 13.3. The van der Waals surface area contributed by atoms with Crippen molar-refractivity contribution in [3.05, 3.63) is 89.1 Å². The molecule has 8 nitrogen and oxygen atoms in total. The summed E-state index contributed by atoms with van der Waals surface area (Å²) < 4.78 is 20.6. The van der Waals surface area contributed by atoms with Gasteiger partial charge in [-0.2, -0.15) is 0 Å². The number of carbonyl (C=O) groups excluding carboxylic acids is 1. The van der Waals surface area contributed by atoms with Crippen molar-refractivity contribution < 1.29 is 13.9 Å². The number of benzene rings is 2. The molecule has 2 aromatic carbocycles. The maximum Gasteiger partial charge on any atom is 0.256 e. The summed E-state index contributed by atoms with van der Waals surface area (Å²) in [6.45, 7) is 1.90. The number of amides is 1. The molecule has 0 aliphatic carbocycles. The molecule has 1 aliphatic rings. The van der Waals surface area contributed by atoms with E-state index < -0.39 is 0 Å². The zero-order valence-corrected chi connectivity index (χ0v) is 18.6. The van der Waals surface area contributed by atoms with Crippen LogP contribution in [0.25, 0.3) is 5.69 Å². The van der Waals surface area contributed by atoms with E-state index in [9.17, 15) is 9.18 Å². The van der Waals surface area contributed by atoms with Crippen molar-refractivity contribution in [1.29, 1.82) is 0 Å². The molecule has 1 aliphatic heterocycles. The van der Waals surface area contributed by atoms with Crippen LogP contribution in [-0.4, -0.2) is 27.6 Å². The summed E-state index contributed by atoms with van der Waals surface area (Å²) in [6, 6.07) is 11.2. The number of aryl methyl sites for hydroxylation is 1. The summed E-state index contributed by atoms with van der Waals surface area (Å²) >= 11 is 0. The van der Waals surface area contributed by atoms with Gasteiger partial charge in [0.25, 0.3) is 5.91 Å². The Labute approximate surface area is 191 Å². The highest BCUT2D eigenvalue weighted by molar-refractivity contribution is 5.96. The van der Waals surface area contributed by atoms with E-state index in [2.05, 4.69) is 10.3 Å². The maximum atomic E-state index is 13.3. The molecule has 0 radical (unpaired) electrons. The summed E-state index contributed by atoms with van der Waals surface area (Å²) in [6.07, 6.45) is 5.83. The smallest absolute Gasteiger partial charge is 0.256 e. The molecule has 5 N–H and O–H groups in total. The predicted molar refractivity (Wildman–Crippen MR) is 123 cm³/mol. The van der Waals surface area contributed by atoms with Crippen molar-refractivity contribution in [2.45, 2.75) is 32.2 Å². The average molecular weight is 451 g/mol. The Morgan fingerprint density at radius 3 is 2.67 bits per heavy atom. The molecule has 1 fully saturated rings. The van der Waals surface area contributed by atoms with Crippen LogP contribution in [0.3, 0.4) is 0 Å². The number of aromatic nitrogens is 2. The lowest BCUT2D eigenvalue weighted by Crippen LogP contribution is -2.42. The van der Waals surface area contributed by atoms with E-state index in [-0.39, 0.29) is 23.6 Å². The SMILES string of the molecule is COc1cc(C(=O)N/C(N)=C2\CCCC(c3ccc(F)cc3)N2N)ccc1-n1cnc(C)c1. The van der Waals surface area contributed by atoms with Crippen LogP contribution in [0.2, 0.25) is 0 Å². The highest BCUT2D eigenvalue weighted by Gasteiger charge is 2.27. The molecule has 3 aromatic rings. The first-order valence-electron chi connectivity index (χ1n) is 10.7. The molecular weight excluding hydrogens is 423 g/mol. The van der Waals surface area contributed by atoms with E-state index in [4.69, 9.17) is 16.3 Å². The number of piperidine rings is 1. The predicted octanol–water partition coefficient (Wildman–Crippen LogP) is 3.29. The van der Waals surface area contributed by atoms with Crippen LogP contribution in [0, 0.1) is 12.7 Å². The van der Waals surface area contributed by atoms with Crippen LogP contribution < -0.4 is 21.6 Å². The second-order valence-electron chi connectivity index (χ2n) is 7.99. The zero-order chi connectivity index (χ0) is 23.5. The average Bonchev–Trinajstić information content (AvgIpc) is 3.25. The van der Waals surface area contributed by atoms with Gasteiger partial charge in [-0.1, -0.05) is 12.1 Å². The Morgan fingerprint density at radius 2 is 2.00 bits per heavy atom. The molecule has 9 heteroatoms. The fourth-order valence-electron chi connectivity index (χ4n) is 4.06. The molecule has 1 unspecified atom stereocenters. The van der Waals surface area contributed by atoms with Gasteiger partial charge in [0.1, 0.15) is 17.4 Å². The van der Waals surface area contributed by atoms with E-state index in [1.165, 1.54) is 12.1 Å². The van der Waals surface area contributed by atoms with Crippen molar-refractivity contribution in [3.63, 3.8) is 0 Å². The molecule has 1 aromatic heterocycles. The first-order chi connectivity index (χ1) is 15.9. The number of carbonyl (C=O) groups is 1. The summed E-state index contributed by atoms with van der Waals surface area (Å²) in [4.78, 5) is 17.1. The third kappa shape index (κ3) is 4.68. The third-order valence-electron chi connectivity index (χ3n) is 5.78. The number of hydrogen-bond donors (Lipinski definition) is 3. The number of imidazole rings is 1. The topological polar surface area (TPSA) is 111 Å². The highest BCUT2D eigenvalue weighted by Crippen LogP contribution is 2.34. The molecule has 2 heterocycles. The quantitative estimate of drug-likeness (QED) is 0.515. The molecular formula is C24H27FN6O2. The van der Waals surface area contributed by atoms with E-state index in [0.717, 1.165) is 29.8 Å². The molecule has 0 bridgehead atoms. The first-order valence-corrected chi connectivity index (χ1v) is 10.7. The standard InChI is InChI=1S/C24H27FN6O2/c1-15-13-30(14-28-15)20-11-8-17(12-22(20)33-2)24(32)29-23(26)21-5-3-4-19(31(21)27)16-6-9-18(25)10-7-16/h6-14,19H,3-5,26-27H2,1-2H3,(H,29,32)/b23-21+. The lowest BCUT2D eigenvalue weighted by Gasteiger charge is -2.36. The van der Waals surface area contributed by atoms with Gasteiger partial charge in [0.05, 0.1) is 36.6 Å². The Hall–Kier alpha value is -3.85. The van der Waals surface area contributed by atoms with Gasteiger partial charge in [0.15, 0.2) is 0 Å². The third-order valence-corrected chi connectivity index (χ3v) is 5.78. The van der Waals surface area contributed by atoms with E-state index in [1.807, 2.05) is 17.7 Å². The van der Waals surface area contributed by atoms with Gasteiger partial charge in [-0.25, -0.2) is 15.2 Å². The van der Waals surface area contributed by atoms with Gasteiger partial charge >= 0.3 is 0 Å². The lowest BCUT2D eigenvalue weighted by atomic mass is 9.95. The van der Waals surface area contributed by atoms with Crippen molar-refractivity contribution in [2.24, 2.45) is 11.6 Å². The highest BCUT2D eigenvalue weighted by atomic mass is 19.1. The lowest BCUT2D eigenvalue weighted by molar-refractivity contribution is 0.0961. The van der Waals surface area contributed by atoms with Gasteiger partial charge in [-0.05, 0) is 62.1 Å². The fraction of sp³-hybridized carbons (Fsp3) is 0.250. The molecule has 0 saturated carbocycles. The normalized spacial score (nSPS) is 17.6. The van der Waals surface area contributed by atoms with E-state index >= 15 is 0 Å². The Bertz CT molecular complexity index is 1190. The number of nitrogens with one attached hydrogen (secondary N) is 1. The number of halogens is 1. The number of nitrogens with zero attached hydrogens (tertiary/aromatic N) is 3. The number of hydrazine groups is 1. The number of hydrogen-bond acceptors (Lipinski definition) is 6. The molecule has 1 saturated heterocycles. The molecule has 1 atom stereocenters. The van der Waals surface area contributed by atoms with Crippen LogP contribution in [0.15, 0.2) is 66.5 Å². The minimum atomic E-state index is -0.371. The number of rotatable bonds is 5. The second-order valence-corrected chi connectivity index (χ2v) is 7.99. The van der Waals surface area contributed by atoms with Gasteiger partial charge in [-0.3, -0.25) is 4.79 Å². The van der Waals surface area contributed by atoms with Gasteiger partial charge < -0.3 is 25.4 Å².